The first-order valence-corrected chi connectivity index (χ1v) is 35.1. The van der Waals surface area contributed by atoms with Gasteiger partial charge in [-0.15, -0.1) is 0 Å². The molecule has 0 radical (unpaired) electrons. The predicted octanol–water partition coefficient (Wildman–Crippen LogP) is 11.5. The number of anilines is 6. The van der Waals surface area contributed by atoms with Crippen molar-refractivity contribution in [2.75, 3.05) is 51.7 Å². The van der Waals surface area contributed by atoms with Crippen LogP contribution >= 0.6 is 0 Å². The summed E-state index contributed by atoms with van der Waals surface area (Å²) in [5, 5.41) is 66.4. The minimum atomic E-state index is -1.37. The molecule has 1 aliphatic heterocycles. The fourth-order valence-corrected chi connectivity index (χ4v) is 12.5. The monoisotopic (exact) mass is 1390 g/mol. The molecule has 0 saturated carbocycles. The second-order valence-corrected chi connectivity index (χ2v) is 26.2. The number of ether oxygens (including phenoxy) is 2. The Morgan fingerprint density at radius 2 is 0.525 bits per heavy atom. The molecule has 0 spiro atoms. The molecular formula is C76H112N18O7. The minimum absolute atomic E-state index is 0.250. The molecule has 7 heterocycles. The van der Waals surface area contributed by atoms with Gasteiger partial charge in [-0.3, -0.25) is 0 Å². The van der Waals surface area contributed by atoms with Crippen LogP contribution in [0.5, 0.6) is 0 Å². The molecule has 9 rings (SSSR count). The third kappa shape index (κ3) is 24.6. The number of rotatable bonds is 27. The van der Waals surface area contributed by atoms with Crippen molar-refractivity contribution in [3.05, 3.63) is 171 Å². The summed E-state index contributed by atoms with van der Waals surface area (Å²) in [5.74, 6) is 3.82. The van der Waals surface area contributed by atoms with E-state index in [9.17, 15) is 15.3 Å². The van der Waals surface area contributed by atoms with E-state index in [-0.39, 0.29) is 6.61 Å². The highest BCUT2D eigenvalue weighted by Crippen LogP contribution is 2.32. The summed E-state index contributed by atoms with van der Waals surface area (Å²) in [6.07, 6.45) is 0.851. The van der Waals surface area contributed by atoms with Gasteiger partial charge in [0.25, 0.3) is 0 Å². The number of aliphatic hydroxyl groups excluding tert-OH is 5. The van der Waals surface area contributed by atoms with E-state index < -0.39 is 37.3 Å². The van der Waals surface area contributed by atoms with Gasteiger partial charge in [-0.1, -0.05) is 39.0 Å². The Morgan fingerprint density at radius 3 is 0.733 bits per heavy atom. The molecule has 1 saturated heterocycles. The lowest BCUT2D eigenvalue weighted by molar-refractivity contribution is -0.301. The highest BCUT2D eigenvalue weighted by Gasteiger charge is 2.44. The van der Waals surface area contributed by atoms with Gasteiger partial charge in [0.15, 0.2) is 6.29 Å². The van der Waals surface area contributed by atoms with Crippen LogP contribution in [0.25, 0.3) is 0 Å². The Hall–Kier alpha value is -8.56. The summed E-state index contributed by atoms with van der Waals surface area (Å²) < 4.78 is 10.6. The molecule has 1 fully saturated rings. The zero-order valence-electron chi connectivity index (χ0n) is 63.4. The third-order valence-electron chi connectivity index (χ3n) is 17.5. The maximum absolute atomic E-state index is 9.75. The summed E-state index contributed by atoms with van der Waals surface area (Å²) in [6.45, 7) is 44.7. The lowest BCUT2D eigenvalue weighted by atomic mass is 9.88. The fraction of sp³-hybridized carbons (Fsp3) is 0.526. The van der Waals surface area contributed by atoms with E-state index >= 15 is 0 Å². The number of unbranched alkanes of at least 4 members (excludes halogenated alkanes) is 5. The molecule has 0 unspecified atom stereocenters. The van der Waals surface area contributed by atoms with Gasteiger partial charge in [-0.05, 0) is 241 Å². The molecule has 8 aromatic rings. The quantitative estimate of drug-likeness (QED) is 0.0213. The summed E-state index contributed by atoms with van der Waals surface area (Å²) >= 11 is 0. The van der Waals surface area contributed by atoms with E-state index in [1.165, 1.54) is 86.0 Å². The molecule has 0 aliphatic carbocycles. The van der Waals surface area contributed by atoms with E-state index in [0.29, 0.717) is 81.6 Å². The normalized spacial score (nSPS) is 15.5. The smallest absolute Gasteiger partial charge is 0.223 e. The Morgan fingerprint density at radius 1 is 0.317 bits per heavy atom. The second-order valence-electron chi connectivity index (χ2n) is 26.2. The van der Waals surface area contributed by atoms with Crippen LogP contribution in [-0.2, 0) is 48.7 Å². The van der Waals surface area contributed by atoms with Crippen molar-refractivity contribution < 1.29 is 35.0 Å². The lowest BCUT2D eigenvalue weighted by Crippen LogP contribution is -2.59. The van der Waals surface area contributed by atoms with E-state index in [1.807, 2.05) is 119 Å². The van der Waals surface area contributed by atoms with Crippen LogP contribution in [0.3, 0.4) is 0 Å². The van der Waals surface area contributed by atoms with E-state index in [1.54, 1.807) is 6.92 Å². The number of aromatic nitrogens is 12. The third-order valence-corrected chi connectivity index (χ3v) is 17.5. The Bertz CT molecular complexity index is 3250. The SMILES string of the molecule is CCCCCCCCO[C@@H]1O[C@H](CO)[C@@H](O)[C@H](O)[C@H]1O.CCO.Cc1cc(C)nc(NCc2c(C)c(CNc3nc(C)cc(C)n3)c(C)c(CNc3nc(C)cc(C)n3)c2C)n1.Cc1cc(C)nc(NCc2c(C)c(CNc3nc(C)cc(C)n3)c(C)c(CNc3nc(C)cc(C)n3)c2C)n1. The number of aliphatic hydroxyl groups is 5. The minimum Gasteiger partial charge on any atom is -0.397 e. The highest BCUT2D eigenvalue weighted by molar-refractivity contribution is 5.55. The van der Waals surface area contributed by atoms with Gasteiger partial charge in [-0.2, -0.15) is 0 Å². The Labute approximate surface area is 598 Å². The van der Waals surface area contributed by atoms with Crippen molar-refractivity contribution in [3.8, 4) is 0 Å². The molecule has 548 valence electrons. The maximum atomic E-state index is 9.75. The zero-order valence-corrected chi connectivity index (χ0v) is 63.4. The van der Waals surface area contributed by atoms with Crippen molar-refractivity contribution in [1.29, 1.82) is 0 Å². The number of nitrogens with zero attached hydrogens (tertiary/aromatic N) is 12. The number of hydrogen-bond acceptors (Lipinski definition) is 25. The Balaban J connectivity index is 0.000000246. The van der Waals surface area contributed by atoms with Crippen molar-refractivity contribution in [3.63, 3.8) is 0 Å². The topological polar surface area (TPSA) is 346 Å². The summed E-state index contributed by atoms with van der Waals surface area (Å²) in [4.78, 5) is 54.9. The Kier molecular flexibility index (Phi) is 31.9. The summed E-state index contributed by atoms with van der Waals surface area (Å²) in [5.41, 5.74) is 26.0. The maximum Gasteiger partial charge on any atom is 0.223 e. The van der Waals surface area contributed by atoms with Crippen molar-refractivity contribution in [2.24, 2.45) is 0 Å². The zero-order chi connectivity index (χ0) is 74.2. The average Bonchev–Trinajstić information content (AvgIpc) is 0.787. The number of aryl methyl sites for hydroxylation is 12. The van der Waals surface area contributed by atoms with Crippen molar-refractivity contribution >= 4 is 35.7 Å². The van der Waals surface area contributed by atoms with Crippen molar-refractivity contribution in [2.45, 2.75) is 247 Å². The van der Waals surface area contributed by atoms with Crippen LogP contribution in [0.15, 0.2) is 36.4 Å². The molecule has 0 bridgehead atoms. The molecular weight excluding hydrogens is 1280 g/mol. The second kappa shape index (κ2) is 39.6. The van der Waals surface area contributed by atoms with Crippen LogP contribution in [-0.4, -0.2) is 136 Å². The first-order valence-electron chi connectivity index (χ1n) is 35.1. The van der Waals surface area contributed by atoms with E-state index in [2.05, 4.69) is 140 Å². The number of benzene rings is 2. The molecule has 11 N–H and O–H groups in total. The van der Waals surface area contributed by atoms with Gasteiger partial charge in [0, 0.05) is 121 Å². The summed E-state index contributed by atoms with van der Waals surface area (Å²) in [6, 6.07) is 11.9. The molecule has 25 heteroatoms. The molecule has 25 nitrogen and oxygen atoms in total. The van der Waals surface area contributed by atoms with Crippen LogP contribution in [0, 0.1) is 125 Å². The largest absolute Gasteiger partial charge is 0.397 e. The van der Waals surface area contributed by atoms with Crippen LogP contribution in [0.2, 0.25) is 0 Å². The number of hydrogen-bond donors (Lipinski definition) is 11. The van der Waals surface area contributed by atoms with Gasteiger partial charge < -0.3 is 66.9 Å². The van der Waals surface area contributed by atoms with Gasteiger partial charge in [0.2, 0.25) is 35.7 Å². The van der Waals surface area contributed by atoms with Gasteiger partial charge >= 0.3 is 0 Å². The average molecular weight is 1390 g/mol. The van der Waals surface area contributed by atoms with Gasteiger partial charge in [0.05, 0.1) is 6.61 Å². The highest BCUT2D eigenvalue weighted by atomic mass is 16.7. The van der Waals surface area contributed by atoms with Gasteiger partial charge in [0.1, 0.15) is 24.4 Å². The molecule has 0 amide bonds. The van der Waals surface area contributed by atoms with Gasteiger partial charge in [-0.25, -0.2) is 59.8 Å². The van der Waals surface area contributed by atoms with E-state index in [4.69, 9.17) is 19.7 Å². The van der Waals surface area contributed by atoms with E-state index in [0.717, 1.165) is 87.6 Å². The molecule has 1 aliphatic rings. The first kappa shape index (κ1) is 81.4. The van der Waals surface area contributed by atoms with Crippen molar-refractivity contribution in [1.82, 2.24) is 59.8 Å². The molecule has 6 aromatic heterocycles. The molecule has 101 heavy (non-hydrogen) atoms. The van der Waals surface area contributed by atoms with Crippen LogP contribution < -0.4 is 31.9 Å². The molecule has 2 aromatic carbocycles. The standard InChI is InChI=1S/2C30H39N9.C14H28O6.C2H6O/c2*1-16-10-17(2)35-28(34-16)31-13-25-22(7)26(14-32-29-36-18(3)11-19(4)37-29)24(9)27(23(25)8)15-33-30-38-20(5)12-21(6)39-30;1-2-3-4-5-6-7-8-19-14-13(18)12(17)11(16)10(9-15)20-14;1-2-3/h2*10-12H,13-15H2,1-9H3,(H,31,34,35)(H,32,36,37)(H,33,38,39);10-18H,2-9H2,1H3;3H,2H2,1H3/t;;10-,11-,12+,13-,14-;/m..1./s1. The lowest BCUT2D eigenvalue weighted by Gasteiger charge is -2.39. The fourth-order valence-electron chi connectivity index (χ4n) is 12.5. The summed E-state index contributed by atoms with van der Waals surface area (Å²) in [7, 11) is 0. The number of nitrogens with one attached hydrogen (secondary N) is 6. The van der Waals surface area contributed by atoms with Crippen LogP contribution in [0.1, 0.15) is 187 Å². The van der Waals surface area contributed by atoms with Crippen LogP contribution in [0.4, 0.5) is 35.7 Å². The first-order chi connectivity index (χ1) is 48.0. The predicted molar refractivity (Wildman–Crippen MR) is 400 cm³/mol. The molecule has 5 atom stereocenters.